The van der Waals surface area contributed by atoms with Crippen molar-refractivity contribution in [1.82, 2.24) is 0 Å². The minimum Gasteiger partial charge on any atom is -0.465 e. The van der Waals surface area contributed by atoms with Gasteiger partial charge in [0.15, 0.2) is 0 Å². The highest BCUT2D eigenvalue weighted by atomic mass is 16.5. The Morgan fingerprint density at radius 3 is 2.36 bits per heavy atom. The average molecular weight is 160 g/mol. The van der Waals surface area contributed by atoms with Gasteiger partial charge in [0.2, 0.25) is 0 Å². The molecule has 11 heavy (non-hydrogen) atoms. The Morgan fingerprint density at radius 2 is 2.00 bits per heavy atom. The fourth-order valence-corrected chi connectivity index (χ4v) is 0.460. The second kappa shape index (κ2) is 4.34. The van der Waals surface area contributed by atoms with Crippen LogP contribution in [-0.2, 0) is 9.53 Å². The summed E-state index contributed by atoms with van der Waals surface area (Å²) in [7, 11) is 0. The van der Waals surface area contributed by atoms with Crippen LogP contribution in [0.25, 0.3) is 0 Å². The zero-order valence-electron chi connectivity index (χ0n) is 7.39. The third-order valence-electron chi connectivity index (χ3n) is 0.982. The van der Waals surface area contributed by atoms with E-state index in [-0.39, 0.29) is 24.4 Å². The van der Waals surface area contributed by atoms with Crippen molar-refractivity contribution >= 4 is 5.97 Å². The van der Waals surface area contributed by atoms with Crippen molar-refractivity contribution in [1.29, 1.82) is 0 Å². The number of esters is 1. The maximum absolute atomic E-state index is 10.7. The van der Waals surface area contributed by atoms with Gasteiger partial charge in [-0.25, -0.2) is 0 Å². The monoisotopic (exact) mass is 160 g/mol. The lowest BCUT2D eigenvalue weighted by Crippen LogP contribution is -2.18. The maximum Gasteiger partial charge on any atom is 0.308 e. The first kappa shape index (κ1) is 10.4. The molecule has 0 amide bonds. The second-order valence-electron chi connectivity index (χ2n) is 3.69. The molecule has 0 atom stereocenters. The molecule has 0 saturated carbocycles. The highest BCUT2D eigenvalue weighted by Gasteiger charge is 2.12. The van der Waals surface area contributed by atoms with Crippen molar-refractivity contribution in [2.45, 2.75) is 27.2 Å². The van der Waals surface area contributed by atoms with Gasteiger partial charge >= 0.3 is 5.97 Å². The Morgan fingerprint density at radius 1 is 1.45 bits per heavy atom. The summed E-state index contributed by atoms with van der Waals surface area (Å²) in [4.78, 5) is 10.7. The molecule has 3 nitrogen and oxygen atoms in total. The van der Waals surface area contributed by atoms with Gasteiger partial charge in [0.1, 0.15) is 0 Å². The highest BCUT2D eigenvalue weighted by Crippen LogP contribution is 2.12. The van der Waals surface area contributed by atoms with E-state index < -0.39 is 0 Å². The first-order chi connectivity index (χ1) is 4.95. The van der Waals surface area contributed by atoms with E-state index >= 15 is 0 Å². The van der Waals surface area contributed by atoms with Gasteiger partial charge in [-0.15, -0.1) is 0 Å². The van der Waals surface area contributed by atoms with E-state index in [4.69, 9.17) is 9.84 Å². The zero-order chi connectivity index (χ0) is 8.91. The molecule has 0 heterocycles. The topological polar surface area (TPSA) is 46.5 Å². The maximum atomic E-state index is 10.7. The number of ether oxygens (including phenoxy) is 1. The number of hydrogen-bond acceptors (Lipinski definition) is 3. The van der Waals surface area contributed by atoms with Crippen LogP contribution in [0.3, 0.4) is 0 Å². The van der Waals surface area contributed by atoms with Crippen LogP contribution in [0.5, 0.6) is 0 Å². The van der Waals surface area contributed by atoms with Gasteiger partial charge in [0.05, 0.1) is 19.6 Å². The normalized spacial score (nSPS) is 11.3. The van der Waals surface area contributed by atoms with Gasteiger partial charge in [-0.2, -0.15) is 0 Å². The molecule has 66 valence electrons. The molecule has 3 heteroatoms. The van der Waals surface area contributed by atoms with Gasteiger partial charge in [0, 0.05) is 0 Å². The predicted octanol–water partition coefficient (Wildman–Crippen LogP) is 0.958. The van der Waals surface area contributed by atoms with Crippen LogP contribution in [-0.4, -0.2) is 24.3 Å². The van der Waals surface area contributed by atoms with Crippen LogP contribution in [0.4, 0.5) is 0 Å². The number of hydrogen-bond donors (Lipinski definition) is 1. The van der Waals surface area contributed by atoms with E-state index in [0.717, 1.165) is 0 Å². The summed E-state index contributed by atoms with van der Waals surface area (Å²) in [6.07, 6.45) is 0.0933. The Kier molecular flexibility index (Phi) is 4.11. The largest absolute Gasteiger partial charge is 0.465 e. The first-order valence-electron chi connectivity index (χ1n) is 3.72. The van der Waals surface area contributed by atoms with Crippen molar-refractivity contribution in [2.75, 3.05) is 13.2 Å². The fraction of sp³-hybridized carbons (Fsp3) is 0.875. The van der Waals surface area contributed by atoms with Crippen molar-refractivity contribution in [3.63, 3.8) is 0 Å². The van der Waals surface area contributed by atoms with Crippen molar-refractivity contribution in [3.05, 3.63) is 0 Å². The molecule has 0 aliphatic rings. The van der Waals surface area contributed by atoms with Gasteiger partial charge < -0.3 is 9.84 Å². The molecule has 0 aliphatic carbocycles. The van der Waals surface area contributed by atoms with Crippen LogP contribution in [0, 0.1) is 5.41 Å². The minimum absolute atomic E-state index is 0.00508. The Bertz CT molecular complexity index is 124. The summed E-state index contributed by atoms with van der Waals surface area (Å²) in [5, 5.41) is 8.37. The summed E-state index contributed by atoms with van der Waals surface area (Å²) in [6.45, 7) is 6.23. The number of aliphatic hydroxyl groups excluding tert-OH is 1. The Labute approximate surface area is 67.4 Å². The lowest BCUT2D eigenvalue weighted by molar-refractivity contribution is -0.147. The molecule has 0 radical (unpaired) electrons. The summed E-state index contributed by atoms with van der Waals surface area (Å²) < 4.78 is 4.85. The fourth-order valence-electron chi connectivity index (χ4n) is 0.460. The molecule has 0 aromatic heterocycles. The Balaban J connectivity index is 3.46. The molecule has 1 N–H and O–H groups in total. The SMILES string of the molecule is CC(C)(C)COC(=O)CCO. The van der Waals surface area contributed by atoms with E-state index in [1.54, 1.807) is 0 Å². The smallest absolute Gasteiger partial charge is 0.308 e. The van der Waals surface area contributed by atoms with E-state index in [1.807, 2.05) is 20.8 Å². The van der Waals surface area contributed by atoms with Gasteiger partial charge in [-0.3, -0.25) is 4.79 Å². The quantitative estimate of drug-likeness (QED) is 0.625. The molecule has 0 spiro atoms. The van der Waals surface area contributed by atoms with Crippen LogP contribution in [0.15, 0.2) is 0 Å². The standard InChI is InChI=1S/C8H16O3/c1-8(2,3)6-11-7(10)4-5-9/h9H,4-6H2,1-3H3. The predicted molar refractivity (Wildman–Crippen MR) is 42.1 cm³/mol. The molecule has 0 rings (SSSR count). The van der Waals surface area contributed by atoms with Crippen LogP contribution < -0.4 is 0 Å². The second-order valence-corrected chi connectivity index (χ2v) is 3.69. The third-order valence-corrected chi connectivity index (χ3v) is 0.982. The third kappa shape index (κ3) is 7.33. The molecular formula is C8H16O3. The lowest BCUT2D eigenvalue weighted by atomic mass is 9.99. The summed E-state index contributed by atoms with van der Waals surface area (Å²) in [6, 6.07) is 0. The number of carbonyl (C=O) groups is 1. The lowest BCUT2D eigenvalue weighted by Gasteiger charge is -2.17. The Hall–Kier alpha value is -0.570. The molecule has 0 aromatic carbocycles. The summed E-state index contributed by atoms with van der Waals surface area (Å²) in [5.41, 5.74) is 0.00508. The first-order valence-corrected chi connectivity index (χ1v) is 3.72. The number of aliphatic hydroxyl groups is 1. The van der Waals surface area contributed by atoms with Crippen molar-refractivity contribution < 1.29 is 14.6 Å². The summed E-state index contributed by atoms with van der Waals surface area (Å²) in [5.74, 6) is -0.331. The molecule has 0 bridgehead atoms. The molecule has 0 fully saturated rings. The van der Waals surface area contributed by atoms with Crippen LogP contribution in [0.2, 0.25) is 0 Å². The number of carbonyl (C=O) groups excluding carboxylic acids is 1. The van der Waals surface area contributed by atoms with Crippen LogP contribution in [0.1, 0.15) is 27.2 Å². The number of rotatable bonds is 3. The van der Waals surface area contributed by atoms with E-state index in [0.29, 0.717) is 6.61 Å². The van der Waals surface area contributed by atoms with Crippen molar-refractivity contribution in [3.8, 4) is 0 Å². The van der Waals surface area contributed by atoms with E-state index in [1.165, 1.54) is 0 Å². The minimum atomic E-state index is -0.331. The molecule has 0 unspecified atom stereocenters. The highest BCUT2D eigenvalue weighted by molar-refractivity contribution is 5.69. The van der Waals surface area contributed by atoms with E-state index in [9.17, 15) is 4.79 Å². The van der Waals surface area contributed by atoms with Crippen molar-refractivity contribution in [2.24, 2.45) is 5.41 Å². The molecule has 0 aliphatic heterocycles. The van der Waals surface area contributed by atoms with E-state index in [2.05, 4.69) is 0 Å². The van der Waals surface area contributed by atoms with Gasteiger partial charge in [0.25, 0.3) is 0 Å². The summed E-state index contributed by atoms with van der Waals surface area (Å²) >= 11 is 0. The van der Waals surface area contributed by atoms with Gasteiger partial charge in [-0.1, -0.05) is 20.8 Å². The molecule has 0 saturated heterocycles. The van der Waals surface area contributed by atoms with Gasteiger partial charge in [-0.05, 0) is 5.41 Å². The molecule has 0 aromatic rings. The van der Waals surface area contributed by atoms with Crippen LogP contribution >= 0.6 is 0 Å². The molecular weight excluding hydrogens is 144 g/mol. The average Bonchev–Trinajstić information content (AvgIpc) is 1.83. The zero-order valence-corrected chi connectivity index (χ0v) is 7.39.